The molecule has 19 heavy (non-hydrogen) atoms. The zero-order valence-corrected chi connectivity index (χ0v) is 12.3. The Kier molecular flexibility index (Phi) is 4.83. The maximum absolute atomic E-state index is 6.07. The van der Waals surface area contributed by atoms with Gasteiger partial charge in [0.05, 0.1) is 0 Å². The van der Waals surface area contributed by atoms with Crippen LogP contribution in [0, 0.1) is 0 Å². The maximum atomic E-state index is 6.07. The lowest BCUT2D eigenvalue weighted by atomic mass is 9.85. The van der Waals surface area contributed by atoms with Crippen LogP contribution in [-0.4, -0.2) is 31.9 Å². The average molecular weight is 263 g/mol. The van der Waals surface area contributed by atoms with Gasteiger partial charge in [-0.1, -0.05) is 26.0 Å². The number of nitrogens with one attached hydrogen (secondary N) is 1. The normalized spacial score (nSPS) is 26.3. The summed E-state index contributed by atoms with van der Waals surface area (Å²) in [6.07, 6.45) is 1.34. The van der Waals surface area contributed by atoms with Gasteiger partial charge in [-0.05, 0) is 37.6 Å². The molecule has 1 saturated carbocycles. The summed E-state index contributed by atoms with van der Waals surface area (Å²) < 4.78 is 11.8. The summed E-state index contributed by atoms with van der Waals surface area (Å²) in [5.41, 5.74) is 1.31. The van der Waals surface area contributed by atoms with Crippen molar-refractivity contribution in [3.05, 3.63) is 29.8 Å². The molecule has 0 spiro atoms. The molecule has 2 rings (SSSR count). The van der Waals surface area contributed by atoms with Gasteiger partial charge in [-0.25, -0.2) is 0 Å². The summed E-state index contributed by atoms with van der Waals surface area (Å²) in [4.78, 5) is 0. The second-order valence-electron chi connectivity index (χ2n) is 5.43. The SMILES string of the molecule is CCOC1C(NC)CC1Oc1cccc(C(C)C)c1. The van der Waals surface area contributed by atoms with Gasteiger partial charge in [0.25, 0.3) is 0 Å². The zero-order valence-electron chi connectivity index (χ0n) is 12.3. The molecular weight excluding hydrogens is 238 g/mol. The Bertz CT molecular complexity index is 405. The predicted molar refractivity (Wildman–Crippen MR) is 77.8 cm³/mol. The van der Waals surface area contributed by atoms with Crippen molar-refractivity contribution in [1.29, 1.82) is 0 Å². The Labute approximate surface area is 116 Å². The Morgan fingerprint density at radius 2 is 2.16 bits per heavy atom. The topological polar surface area (TPSA) is 30.5 Å². The van der Waals surface area contributed by atoms with Crippen LogP contribution in [0.4, 0.5) is 0 Å². The van der Waals surface area contributed by atoms with E-state index in [9.17, 15) is 0 Å². The van der Waals surface area contributed by atoms with Gasteiger partial charge in [0.2, 0.25) is 0 Å². The maximum Gasteiger partial charge on any atom is 0.128 e. The molecule has 1 N–H and O–H groups in total. The molecule has 3 nitrogen and oxygen atoms in total. The van der Waals surface area contributed by atoms with Gasteiger partial charge in [-0.3, -0.25) is 0 Å². The molecule has 0 amide bonds. The lowest BCUT2D eigenvalue weighted by molar-refractivity contribution is -0.103. The zero-order chi connectivity index (χ0) is 13.8. The molecule has 1 aromatic rings. The summed E-state index contributed by atoms with van der Waals surface area (Å²) in [5.74, 6) is 1.48. The molecular formula is C16H25NO2. The molecule has 0 radical (unpaired) electrons. The Hall–Kier alpha value is -1.06. The quantitative estimate of drug-likeness (QED) is 0.856. The summed E-state index contributed by atoms with van der Waals surface area (Å²) in [6.45, 7) is 7.15. The largest absolute Gasteiger partial charge is 0.488 e. The summed E-state index contributed by atoms with van der Waals surface area (Å²) in [6, 6.07) is 8.80. The van der Waals surface area contributed by atoms with Gasteiger partial charge < -0.3 is 14.8 Å². The Balaban J connectivity index is 1.99. The van der Waals surface area contributed by atoms with E-state index in [1.807, 2.05) is 20.0 Å². The minimum Gasteiger partial charge on any atom is -0.488 e. The Morgan fingerprint density at radius 1 is 1.37 bits per heavy atom. The molecule has 3 atom stereocenters. The van der Waals surface area contributed by atoms with Crippen molar-refractivity contribution in [2.45, 2.75) is 51.4 Å². The van der Waals surface area contributed by atoms with Crippen LogP contribution in [-0.2, 0) is 4.74 Å². The van der Waals surface area contributed by atoms with Crippen LogP contribution in [0.1, 0.15) is 38.7 Å². The van der Waals surface area contributed by atoms with Crippen molar-refractivity contribution in [3.8, 4) is 5.75 Å². The predicted octanol–water partition coefficient (Wildman–Crippen LogP) is 2.95. The number of hydrogen-bond acceptors (Lipinski definition) is 3. The molecule has 0 bridgehead atoms. The first-order valence-corrected chi connectivity index (χ1v) is 7.21. The van der Waals surface area contributed by atoms with Crippen LogP contribution in [0.3, 0.4) is 0 Å². The fourth-order valence-corrected chi connectivity index (χ4v) is 2.52. The minimum absolute atomic E-state index is 0.165. The molecule has 0 saturated heterocycles. The highest BCUT2D eigenvalue weighted by Gasteiger charge is 2.42. The van der Waals surface area contributed by atoms with Crippen molar-refractivity contribution >= 4 is 0 Å². The van der Waals surface area contributed by atoms with Crippen LogP contribution in [0.5, 0.6) is 5.75 Å². The van der Waals surface area contributed by atoms with E-state index in [1.165, 1.54) is 5.56 Å². The summed E-state index contributed by atoms with van der Waals surface area (Å²) >= 11 is 0. The first kappa shape index (κ1) is 14.4. The van der Waals surface area contributed by atoms with Crippen LogP contribution in [0.15, 0.2) is 24.3 Å². The smallest absolute Gasteiger partial charge is 0.128 e. The molecule has 0 aromatic heterocycles. The number of benzene rings is 1. The fourth-order valence-electron chi connectivity index (χ4n) is 2.52. The van der Waals surface area contributed by atoms with E-state index in [1.54, 1.807) is 0 Å². The first-order valence-electron chi connectivity index (χ1n) is 7.21. The van der Waals surface area contributed by atoms with Gasteiger partial charge in [-0.2, -0.15) is 0 Å². The number of likely N-dealkylation sites (N-methyl/N-ethyl adjacent to an activating group) is 1. The van der Waals surface area contributed by atoms with Crippen LogP contribution in [0.2, 0.25) is 0 Å². The van der Waals surface area contributed by atoms with E-state index < -0.39 is 0 Å². The number of rotatable bonds is 6. The third-order valence-electron chi connectivity index (χ3n) is 3.79. The molecule has 1 aliphatic rings. The van der Waals surface area contributed by atoms with Crippen molar-refractivity contribution < 1.29 is 9.47 Å². The fraction of sp³-hybridized carbons (Fsp3) is 0.625. The van der Waals surface area contributed by atoms with Gasteiger partial charge in [0, 0.05) is 19.1 Å². The van der Waals surface area contributed by atoms with E-state index in [4.69, 9.17) is 9.47 Å². The van der Waals surface area contributed by atoms with Crippen LogP contribution >= 0.6 is 0 Å². The van der Waals surface area contributed by atoms with Crippen molar-refractivity contribution in [1.82, 2.24) is 5.32 Å². The summed E-state index contributed by atoms with van der Waals surface area (Å²) in [7, 11) is 1.98. The molecule has 0 heterocycles. The molecule has 0 aliphatic heterocycles. The number of hydrogen-bond donors (Lipinski definition) is 1. The highest BCUT2D eigenvalue weighted by molar-refractivity contribution is 5.30. The lowest BCUT2D eigenvalue weighted by Gasteiger charge is -2.43. The van der Waals surface area contributed by atoms with E-state index in [0.29, 0.717) is 12.0 Å². The van der Waals surface area contributed by atoms with Crippen molar-refractivity contribution in [2.24, 2.45) is 0 Å². The minimum atomic E-state index is 0.165. The lowest BCUT2D eigenvalue weighted by Crippen LogP contribution is -2.60. The van der Waals surface area contributed by atoms with E-state index in [2.05, 4.69) is 37.4 Å². The van der Waals surface area contributed by atoms with Crippen molar-refractivity contribution in [2.75, 3.05) is 13.7 Å². The summed E-state index contributed by atoms with van der Waals surface area (Å²) in [5, 5.41) is 3.28. The standard InChI is InChI=1S/C16H25NO2/c1-5-18-16-14(17-4)10-15(16)19-13-8-6-7-12(9-13)11(2)3/h6-9,11,14-17H,5,10H2,1-4H3. The van der Waals surface area contributed by atoms with Crippen LogP contribution < -0.4 is 10.1 Å². The second kappa shape index (κ2) is 6.40. The van der Waals surface area contributed by atoms with E-state index in [-0.39, 0.29) is 12.2 Å². The third kappa shape index (κ3) is 3.28. The molecule has 106 valence electrons. The molecule has 3 heteroatoms. The van der Waals surface area contributed by atoms with E-state index in [0.717, 1.165) is 18.8 Å². The Morgan fingerprint density at radius 3 is 2.79 bits per heavy atom. The second-order valence-corrected chi connectivity index (χ2v) is 5.43. The van der Waals surface area contributed by atoms with Gasteiger partial charge in [0.15, 0.2) is 0 Å². The molecule has 3 unspecified atom stereocenters. The van der Waals surface area contributed by atoms with Crippen molar-refractivity contribution in [3.63, 3.8) is 0 Å². The van der Waals surface area contributed by atoms with E-state index >= 15 is 0 Å². The molecule has 1 aliphatic carbocycles. The van der Waals surface area contributed by atoms with Crippen LogP contribution in [0.25, 0.3) is 0 Å². The van der Waals surface area contributed by atoms with Gasteiger partial charge in [-0.15, -0.1) is 0 Å². The first-order chi connectivity index (χ1) is 9.15. The van der Waals surface area contributed by atoms with Gasteiger partial charge >= 0.3 is 0 Å². The average Bonchev–Trinajstić information content (AvgIpc) is 2.40. The third-order valence-corrected chi connectivity index (χ3v) is 3.79. The van der Waals surface area contributed by atoms with Gasteiger partial charge in [0.1, 0.15) is 18.0 Å². The monoisotopic (exact) mass is 263 g/mol. The highest BCUT2D eigenvalue weighted by Crippen LogP contribution is 2.30. The highest BCUT2D eigenvalue weighted by atomic mass is 16.5. The molecule has 1 fully saturated rings. The molecule has 1 aromatic carbocycles. The number of ether oxygens (including phenoxy) is 2.